The maximum Gasteiger partial charge on any atom is 0.311 e. The third kappa shape index (κ3) is 8.88. The molecule has 0 aliphatic heterocycles. The van der Waals surface area contributed by atoms with Crippen LogP contribution in [0.15, 0.2) is 30.3 Å². The largest absolute Gasteiger partial charge is 0.490 e. The van der Waals surface area contributed by atoms with Crippen molar-refractivity contribution in [3.63, 3.8) is 0 Å². The average Bonchev–Trinajstić information content (AvgIpc) is 2.65. The van der Waals surface area contributed by atoms with Crippen LogP contribution in [-0.2, 0) is 19.1 Å². The van der Waals surface area contributed by atoms with Crippen LogP contribution >= 0.6 is 0 Å². The zero-order chi connectivity index (χ0) is 20.2. The number of rotatable bonds is 8. The van der Waals surface area contributed by atoms with Crippen LogP contribution in [0.4, 0.5) is 0 Å². The Labute approximate surface area is 158 Å². The molecule has 0 amide bonds. The maximum absolute atomic E-state index is 11.6. The summed E-state index contributed by atoms with van der Waals surface area (Å²) in [6.07, 6.45) is 1.59. The highest BCUT2D eigenvalue weighted by molar-refractivity contribution is 5.76. The molecule has 0 saturated carbocycles. The first-order valence-corrected chi connectivity index (χ1v) is 9.04. The second-order valence-corrected chi connectivity index (χ2v) is 7.26. The molecule has 0 saturated heterocycles. The predicted octanol–water partition coefficient (Wildman–Crippen LogP) is 4.64. The van der Waals surface area contributed by atoms with Crippen molar-refractivity contribution in [3.8, 4) is 5.75 Å². The van der Waals surface area contributed by atoms with E-state index >= 15 is 0 Å². The Hall–Kier alpha value is -2.04. The highest BCUT2D eigenvalue weighted by Crippen LogP contribution is 2.21. The van der Waals surface area contributed by atoms with Gasteiger partial charge in [0.25, 0.3) is 0 Å². The van der Waals surface area contributed by atoms with Gasteiger partial charge in [-0.15, -0.1) is 0 Å². The van der Waals surface area contributed by atoms with Gasteiger partial charge in [-0.1, -0.05) is 32.0 Å². The number of carbonyl (C=O) groups is 2. The molecule has 1 aromatic rings. The fourth-order valence-electron chi connectivity index (χ4n) is 1.57. The second kappa shape index (κ2) is 11.6. The fourth-order valence-corrected chi connectivity index (χ4v) is 1.57. The Morgan fingerprint density at radius 3 is 1.77 bits per heavy atom. The minimum absolute atomic E-state index is 0.134. The molecule has 1 rings (SSSR count). The molecule has 5 nitrogen and oxygen atoms in total. The van der Waals surface area contributed by atoms with Crippen LogP contribution in [0.1, 0.15) is 54.4 Å². The van der Waals surface area contributed by atoms with Crippen LogP contribution in [0.3, 0.4) is 0 Å². The summed E-state index contributed by atoms with van der Waals surface area (Å²) in [6.45, 7) is 12.1. The highest BCUT2D eigenvalue weighted by atomic mass is 16.6. The Kier molecular flexibility index (Phi) is 10.6. The van der Waals surface area contributed by atoms with Crippen LogP contribution < -0.4 is 4.74 Å². The van der Waals surface area contributed by atoms with Crippen molar-refractivity contribution in [2.45, 2.75) is 54.4 Å². The number of benzene rings is 1. The van der Waals surface area contributed by atoms with Gasteiger partial charge in [-0.3, -0.25) is 9.59 Å². The molecule has 0 N–H and O–H groups in total. The van der Waals surface area contributed by atoms with Gasteiger partial charge in [0.15, 0.2) is 0 Å². The molecule has 0 aromatic heterocycles. The van der Waals surface area contributed by atoms with Gasteiger partial charge in [0.05, 0.1) is 17.9 Å². The van der Waals surface area contributed by atoms with Gasteiger partial charge in [0, 0.05) is 0 Å². The quantitative estimate of drug-likeness (QED) is 0.495. The molecule has 0 radical (unpaired) electrons. The summed E-state index contributed by atoms with van der Waals surface area (Å²) in [4.78, 5) is 22.5. The van der Waals surface area contributed by atoms with Crippen LogP contribution in [0.25, 0.3) is 0 Å². The molecule has 26 heavy (non-hydrogen) atoms. The first-order chi connectivity index (χ1) is 12.1. The fraction of sp³-hybridized carbons (Fsp3) is 0.619. The van der Waals surface area contributed by atoms with E-state index in [0.717, 1.165) is 18.6 Å². The lowest BCUT2D eigenvalue weighted by atomic mass is 9.91. The SMILES string of the molecule is CCC(C)(C)C(=O)OC.CCC(C)(C)C(=O)OCCOc1ccccc1. The van der Waals surface area contributed by atoms with Crippen molar-refractivity contribution in [3.05, 3.63) is 30.3 Å². The van der Waals surface area contributed by atoms with Crippen molar-refractivity contribution in [2.75, 3.05) is 20.3 Å². The second-order valence-electron chi connectivity index (χ2n) is 7.26. The summed E-state index contributed by atoms with van der Waals surface area (Å²) < 4.78 is 15.1. The van der Waals surface area contributed by atoms with Crippen LogP contribution in [0.5, 0.6) is 5.75 Å². The average molecular weight is 366 g/mol. The van der Waals surface area contributed by atoms with Crippen molar-refractivity contribution in [2.24, 2.45) is 10.8 Å². The minimum Gasteiger partial charge on any atom is -0.490 e. The summed E-state index contributed by atoms with van der Waals surface area (Å²) in [5.41, 5.74) is -0.721. The minimum atomic E-state index is -0.410. The number of esters is 2. The summed E-state index contributed by atoms with van der Waals surface area (Å²) >= 11 is 0. The van der Waals surface area contributed by atoms with E-state index in [1.54, 1.807) is 0 Å². The van der Waals surface area contributed by atoms with E-state index in [-0.39, 0.29) is 24.0 Å². The number of methoxy groups -OCH3 is 1. The van der Waals surface area contributed by atoms with Gasteiger partial charge in [0.2, 0.25) is 0 Å². The van der Waals surface area contributed by atoms with Crippen LogP contribution in [0, 0.1) is 10.8 Å². The van der Waals surface area contributed by atoms with Gasteiger partial charge in [-0.05, 0) is 52.7 Å². The predicted molar refractivity (Wildman–Crippen MR) is 103 cm³/mol. The van der Waals surface area contributed by atoms with E-state index in [4.69, 9.17) is 9.47 Å². The van der Waals surface area contributed by atoms with Gasteiger partial charge in [-0.2, -0.15) is 0 Å². The first kappa shape index (κ1) is 24.0. The Balaban J connectivity index is 0.000000590. The number of ether oxygens (including phenoxy) is 3. The van der Waals surface area contributed by atoms with E-state index in [1.165, 1.54) is 7.11 Å². The normalized spacial score (nSPS) is 11.0. The Bertz CT molecular complexity index is 535. The van der Waals surface area contributed by atoms with Gasteiger partial charge in [0.1, 0.15) is 19.0 Å². The monoisotopic (exact) mass is 366 g/mol. The molecule has 0 bridgehead atoms. The summed E-state index contributed by atoms with van der Waals surface area (Å²) in [7, 11) is 1.42. The van der Waals surface area contributed by atoms with E-state index < -0.39 is 5.41 Å². The Morgan fingerprint density at radius 1 is 0.846 bits per heavy atom. The Morgan fingerprint density at radius 2 is 1.35 bits per heavy atom. The number of hydrogen-bond acceptors (Lipinski definition) is 5. The lowest BCUT2D eigenvalue weighted by molar-refractivity contribution is -0.155. The number of carbonyl (C=O) groups excluding carboxylic acids is 2. The zero-order valence-corrected chi connectivity index (χ0v) is 17.3. The molecule has 0 heterocycles. The molecule has 0 atom stereocenters. The van der Waals surface area contributed by atoms with Crippen molar-refractivity contribution in [1.29, 1.82) is 0 Å². The highest BCUT2D eigenvalue weighted by Gasteiger charge is 2.27. The van der Waals surface area contributed by atoms with E-state index in [2.05, 4.69) is 4.74 Å². The molecule has 1 aromatic carbocycles. The summed E-state index contributed by atoms with van der Waals surface area (Å²) in [6, 6.07) is 9.48. The standard InChI is InChI=1S/C14H20O3.C7H14O2/c1-4-14(2,3)13(15)17-11-10-16-12-8-6-5-7-9-12;1-5-7(2,3)6(8)9-4/h5-9H,4,10-11H2,1-3H3;5H2,1-4H3. The maximum atomic E-state index is 11.6. The smallest absolute Gasteiger partial charge is 0.311 e. The third-order valence-corrected chi connectivity index (χ3v) is 4.39. The number of para-hydroxylation sites is 1. The molecule has 0 fully saturated rings. The molecule has 0 aliphatic carbocycles. The first-order valence-electron chi connectivity index (χ1n) is 9.04. The molecule has 0 unspecified atom stereocenters. The summed E-state index contributed by atoms with van der Waals surface area (Å²) in [5, 5.41) is 0. The van der Waals surface area contributed by atoms with Gasteiger partial charge in [-0.25, -0.2) is 0 Å². The van der Waals surface area contributed by atoms with Gasteiger partial charge >= 0.3 is 11.9 Å². The van der Waals surface area contributed by atoms with E-state index in [0.29, 0.717) is 6.61 Å². The third-order valence-electron chi connectivity index (χ3n) is 4.39. The van der Waals surface area contributed by atoms with Crippen LogP contribution in [0.2, 0.25) is 0 Å². The molecular weight excluding hydrogens is 332 g/mol. The van der Waals surface area contributed by atoms with E-state index in [1.807, 2.05) is 71.9 Å². The van der Waals surface area contributed by atoms with E-state index in [9.17, 15) is 9.59 Å². The van der Waals surface area contributed by atoms with Crippen molar-refractivity contribution >= 4 is 11.9 Å². The molecule has 0 spiro atoms. The van der Waals surface area contributed by atoms with Crippen LogP contribution in [-0.4, -0.2) is 32.3 Å². The van der Waals surface area contributed by atoms with Crippen molar-refractivity contribution in [1.82, 2.24) is 0 Å². The molecule has 5 heteroatoms. The van der Waals surface area contributed by atoms with Gasteiger partial charge < -0.3 is 14.2 Å². The molecule has 0 aliphatic rings. The molecule has 148 valence electrons. The topological polar surface area (TPSA) is 61.8 Å². The number of hydrogen-bond donors (Lipinski definition) is 0. The molecular formula is C21H34O5. The lowest BCUT2D eigenvalue weighted by Gasteiger charge is -2.20. The van der Waals surface area contributed by atoms with Crippen molar-refractivity contribution < 1.29 is 23.8 Å². The lowest BCUT2D eigenvalue weighted by Crippen LogP contribution is -2.27. The summed E-state index contributed by atoms with van der Waals surface area (Å²) in [5.74, 6) is 0.486. The zero-order valence-electron chi connectivity index (χ0n) is 17.3.